The van der Waals surface area contributed by atoms with E-state index in [9.17, 15) is 19.5 Å². The number of aryl methyl sites for hydroxylation is 1. The molecule has 1 saturated carbocycles. The van der Waals surface area contributed by atoms with Gasteiger partial charge in [0.05, 0.1) is 18.1 Å². The molecule has 1 amide bonds. The Morgan fingerprint density at radius 1 is 1.29 bits per heavy atom. The van der Waals surface area contributed by atoms with Crippen molar-refractivity contribution < 1.29 is 24.2 Å². The van der Waals surface area contributed by atoms with Gasteiger partial charge in [0.25, 0.3) is 0 Å². The smallest absolute Gasteiger partial charge is 0.341 e. The van der Waals surface area contributed by atoms with Crippen LogP contribution in [0.4, 0.5) is 5.00 Å². The molecule has 0 unspecified atom stereocenters. The third kappa shape index (κ3) is 2.79. The fourth-order valence-electron chi connectivity index (χ4n) is 5.10. The minimum Gasteiger partial charge on any atom is -0.550 e. The Labute approximate surface area is 168 Å². The van der Waals surface area contributed by atoms with E-state index in [1.54, 1.807) is 13.8 Å². The zero-order valence-corrected chi connectivity index (χ0v) is 16.9. The van der Waals surface area contributed by atoms with E-state index in [2.05, 4.69) is 5.32 Å². The molecule has 1 heterocycles. The molecular formula is C21H24NO5S-. The SMILES string of the molecule is CCOC(=O)c1c(NC(=O)[C@H]2[C@@H]3C=C[C@@H](C3)[C@]2(C)C(=O)[O-])sc2c1CCCC2. The first-order valence-corrected chi connectivity index (χ1v) is 10.7. The topological polar surface area (TPSA) is 95.5 Å². The molecule has 150 valence electrons. The Bertz CT molecular complexity index is 872. The quantitative estimate of drug-likeness (QED) is 0.602. The number of ether oxygens (including phenoxy) is 1. The van der Waals surface area contributed by atoms with Crippen molar-refractivity contribution >= 4 is 34.2 Å². The lowest BCUT2D eigenvalue weighted by molar-refractivity contribution is -0.321. The molecule has 2 bridgehead atoms. The van der Waals surface area contributed by atoms with Crippen LogP contribution in [0.25, 0.3) is 0 Å². The summed E-state index contributed by atoms with van der Waals surface area (Å²) in [6.07, 6.45) is 8.21. The number of carbonyl (C=O) groups is 3. The molecule has 7 heteroatoms. The van der Waals surface area contributed by atoms with Crippen molar-refractivity contribution in [2.24, 2.45) is 23.2 Å². The molecule has 0 spiro atoms. The van der Waals surface area contributed by atoms with Gasteiger partial charge >= 0.3 is 5.97 Å². The number of carboxylic acid groups (broad SMARTS) is 1. The number of amides is 1. The molecule has 3 aliphatic carbocycles. The van der Waals surface area contributed by atoms with E-state index in [1.165, 1.54) is 11.3 Å². The largest absolute Gasteiger partial charge is 0.550 e. The number of carboxylic acids is 1. The van der Waals surface area contributed by atoms with Crippen molar-refractivity contribution in [2.75, 3.05) is 11.9 Å². The van der Waals surface area contributed by atoms with Crippen molar-refractivity contribution in [3.05, 3.63) is 28.2 Å². The van der Waals surface area contributed by atoms with Crippen LogP contribution in [0.2, 0.25) is 0 Å². The van der Waals surface area contributed by atoms with Crippen LogP contribution >= 0.6 is 11.3 Å². The van der Waals surface area contributed by atoms with Crippen LogP contribution in [0.3, 0.4) is 0 Å². The molecule has 0 radical (unpaired) electrons. The second-order valence-electron chi connectivity index (χ2n) is 8.06. The van der Waals surface area contributed by atoms with Crippen molar-refractivity contribution in [2.45, 2.75) is 46.0 Å². The molecule has 0 aromatic carbocycles. The van der Waals surface area contributed by atoms with Crippen molar-refractivity contribution in [3.63, 3.8) is 0 Å². The van der Waals surface area contributed by atoms with Gasteiger partial charge in [-0.25, -0.2) is 4.79 Å². The van der Waals surface area contributed by atoms with Gasteiger partial charge in [-0.05, 0) is 56.4 Å². The highest BCUT2D eigenvalue weighted by molar-refractivity contribution is 7.17. The number of hydrogen-bond acceptors (Lipinski definition) is 6. The highest BCUT2D eigenvalue weighted by Crippen LogP contribution is 2.56. The van der Waals surface area contributed by atoms with Gasteiger partial charge in [0.1, 0.15) is 5.00 Å². The van der Waals surface area contributed by atoms with E-state index in [0.29, 0.717) is 17.0 Å². The molecular weight excluding hydrogens is 378 g/mol. The van der Waals surface area contributed by atoms with Gasteiger partial charge in [-0.15, -0.1) is 11.3 Å². The van der Waals surface area contributed by atoms with Gasteiger partial charge in [0.2, 0.25) is 5.91 Å². The summed E-state index contributed by atoms with van der Waals surface area (Å²) in [5.41, 5.74) is 0.189. The Morgan fingerprint density at radius 2 is 2.04 bits per heavy atom. The van der Waals surface area contributed by atoms with E-state index in [0.717, 1.165) is 36.1 Å². The van der Waals surface area contributed by atoms with Gasteiger partial charge in [-0.2, -0.15) is 0 Å². The summed E-state index contributed by atoms with van der Waals surface area (Å²) in [6.45, 7) is 3.62. The molecule has 0 saturated heterocycles. The summed E-state index contributed by atoms with van der Waals surface area (Å²) < 4.78 is 5.23. The Kier molecular flexibility index (Phi) is 4.81. The average Bonchev–Trinajstić information content (AvgIpc) is 3.33. The number of nitrogens with one attached hydrogen (secondary N) is 1. The number of allylic oxidation sites excluding steroid dienone is 2. The van der Waals surface area contributed by atoms with Gasteiger partial charge in [0, 0.05) is 16.3 Å². The normalized spacial score (nSPS) is 30.1. The maximum atomic E-state index is 13.2. The number of hydrogen-bond donors (Lipinski definition) is 1. The predicted molar refractivity (Wildman–Crippen MR) is 103 cm³/mol. The fourth-order valence-corrected chi connectivity index (χ4v) is 6.38. The van der Waals surface area contributed by atoms with Crippen molar-refractivity contribution in [3.8, 4) is 0 Å². The van der Waals surface area contributed by atoms with E-state index in [4.69, 9.17) is 4.74 Å². The van der Waals surface area contributed by atoms with E-state index < -0.39 is 23.3 Å². The first kappa shape index (κ1) is 19.2. The third-order valence-electron chi connectivity index (χ3n) is 6.57. The van der Waals surface area contributed by atoms with Crippen LogP contribution in [0.15, 0.2) is 12.2 Å². The maximum Gasteiger partial charge on any atom is 0.341 e. The molecule has 3 aliphatic rings. The molecule has 6 nitrogen and oxygen atoms in total. The average molecular weight is 402 g/mol. The lowest BCUT2D eigenvalue weighted by Gasteiger charge is -2.38. The zero-order chi connectivity index (χ0) is 20.1. The molecule has 28 heavy (non-hydrogen) atoms. The Morgan fingerprint density at radius 3 is 2.75 bits per heavy atom. The number of thiophene rings is 1. The summed E-state index contributed by atoms with van der Waals surface area (Å²) in [5.74, 6) is -2.99. The van der Waals surface area contributed by atoms with Crippen molar-refractivity contribution in [1.29, 1.82) is 0 Å². The minimum atomic E-state index is -1.23. The van der Waals surface area contributed by atoms with Crippen LogP contribution in [0, 0.1) is 23.2 Å². The molecule has 4 rings (SSSR count). The number of rotatable bonds is 5. The summed E-state index contributed by atoms with van der Waals surface area (Å²) in [7, 11) is 0. The number of aliphatic carboxylic acids is 1. The molecule has 1 N–H and O–H groups in total. The summed E-state index contributed by atoms with van der Waals surface area (Å²) in [4.78, 5) is 38.8. The van der Waals surface area contributed by atoms with Gasteiger partial charge in [0.15, 0.2) is 0 Å². The lowest BCUT2D eigenvalue weighted by Crippen LogP contribution is -2.51. The van der Waals surface area contributed by atoms with E-state index in [-0.39, 0.29) is 24.3 Å². The first-order valence-electron chi connectivity index (χ1n) is 9.90. The molecule has 1 fully saturated rings. The summed E-state index contributed by atoms with van der Waals surface area (Å²) in [5, 5.41) is 15.3. The Hall–Kier alpha value is -2.15. The minimum absolute atomic E-state index is 0.117. The van der Waals surface area contributed by atoms with Crippen LogP contribution in [-0.4, -0.2) is 24.5 Å². The Balaban J connectivity index is 1.67. The van der Waals surface area contributed by atoms with E-state index >= 15 is 0 Å². The van der Waals surface area contributed by atoms with Gasteiger partial charge in [-0.3, -0.25) is 4.79 Å². The molecule has 1 aromatic heterocycles. The monoisotopic (exact) mass is 402 g/mol. The molecule has 4 atom stereocenters. The fraction of sp³-hybridized carbons (Fsp3) is 0.571. The number of anilines is 1. The van der Waals surface area contributed by atoms with Gasteiger partial charge in [-0.1, -0.05) is 19.1 Å². The highest BCUT2D eigenvalue weighted by Gasteiger charge is 2.57. The second-order valence-corrected chi connectivity index (χ2v) is 9.17. The predicted octanol–water partition coefficient (Wildman–Crippen LogP) is 2.32. The summed E-state index contributed by atoms with van der Waals surface area (Å²) >= 11 is 1.42. The maximum absolute atomic E-state index is 13.2. The van der Waals surface area contributed by atoms with Crippen LogP contribution in [-0.2, 0) is 27.2 Å². The second kappa shape index (κ2) is 7.03. The standard InChI is InChI=1S/C21H25NO5S/c1-3-27-19(24)15-13-6-4-5-7-14(13)28-18(15)22-17(23)16-11-8-9-12(10-11)21(16,2)20(25)26/h8-9,11-12,16H,3-7,10H2,1-2H3,(H,22,23)(H,25,26)/p-1/t11-,12+,16-,21+/m1/s1. The number of esters is 1. The van der Waals surface area contributed by atoms with Crippen LogP contribution in [0.1, 0.15) is 53.9 Å². The van der Waals surface area contributed by atoms with Crippen molar-refractivity contribution in [1.82, 2.24) is 0 Å². The molecule has 0 aliphatic heterocycles. The number of carbonyl (C=O) groups excluding carboxylic acids is 3. The van der Waals surface area contributed by atoms with Crippen LogP contribution < -0.4 is 10.4 Å². The highest BCUT2D eigenvalue weighted by atomic mass is 32.1. The zero-order valence-electron chi connectivity index (χ0n) is 16.1. The van der Waals surface area contributed by atoms with Crippen LogP contribution in [0.5, 0.6) is 0 Å². The third-order valence-corrected chi connectivity index (χ3v) is 7.78. The van der Waals surface area contributed by atoms with E-state index in [1.807, 2.05) is 12.2 Å². The number of fused-ring (bicyclic) bond motifs is 3. The lowest BCUT2D eigenvalue weighted by atomic mass is 9.69. The summed E-state index contributed by atoms with van der Waals surface area (Å²) in [6, 6.07) is 0. The first-order chi connectivity index (χ1) is 13.4. The van der Waals surface area contributed by atoms with Gasteiger partial charge < -0.3 is 20.0 Å². The molecule has 1 aromatic rings.